The van der Waals surface area contributed by atoms with Crippen LogP contribution in [0.1, 0.15) is 26.2 Å². The van der Waals surface area contributed by atoms with Gasteiger partial charge in [0.15, 0.2) is 0 Å². The van der Waals surface area contributed by atoms with Crippen LogP contribution in [0.5, 0.6) is 0 Å². The van der Waals surface area contributed by atoms with Gasteiger partial charge in [0.2, 0.25) is 0 Å². The third-order valence-electron chi connectivity index (χ3n) is 4.05. The molecule has 2 saturated heterocycles. The highest BCUT2D eigenvalue weighted by Gasteiger charge is 2.29. The molecule has 0 saturated carbocycles. The van der Waals surface area contributed by atoms with E-state index in [4.69, 9.17) is 9.47 Å². The van der Waals surface area contributed by atoms with Gasteiger partial charge in [-0.3, -0.25) is 4.90 Å². The molecule has 0 aliphatic carbocycles. The van der Waals surface area contributed by atoms with Crippen LogP contribution in [0, 0.1) is 0 Å². The number of aliphatic hydroxyl groups excluding tert-OH is 1. The zero-order valence-electron chi connectivity index (χ0n) is 12.2. The van der Waals surface area contributed by atoms with Crippen LogP contribution in [-0.2, 0) is 9.47 Å². The lowest BCUT2D eigenvalue weighted by atomic mass is 10.1. The molecule has 0 spiro atoms. The summed E-state index contributed by atoms with van der Waals surface area (Å²) in [5.41, 5.74) is 0. The fourth-order valence-corrected chi connectivity index (χ4v) is 3.09. The molecule has 0 amide bonds. The van der Waals surface area contributed by atoms with Gasteiger partial charge in [0, 0.05) is 32.3 Å². The second kappa shape index (κ2) is 7.55. The van der Waals surface area contributed by atoms with Gasteiger partial charge in [-0.1, -0.05) is 0 Å². The van der Waals surface area contributed by atoms with Crippen LogP contribution in [0.25, 0.3) is 0 Å². The largest absolute Gasteiger partial charge is 0.389 e. The average Bonchev–Trinajstić information content (AvgIpc) is 2.71. The van der Waals surface area contributed by atoms with Crippen LogP contribution in [0.15, 0.2) is 0 Å². The number of ether oxygens (including phenoxy) is 2. The number of nitrogens with zero attached hydrogens (tertiary/aromatic N) is 1. The van der Waals surface area contributed by atoms with E-state index < -0.39 is 6.10 Å². The summed E-state index contributed by atoms with van der Waals surface area (Å²) >= 11 is 0. The molecule has 5 nitrogen and oxygen atoms in total. The standard InChI is InChI=1S/C14H28N2O3/c1-11(9-18-2)19-10-14(17)8-16-6-5-12-3-4-13(7-16)15-12/h11-15,17H,3-10H2,1-2H3. The molecular formula is C14H28N2O3. The first-order chi connectivity index (χ1) is 9.17. The van der Waals surface area contributed by atoms with Crippen molar-refractivity contribution in [1.29, 1.82) is 0 Å². The van der Waals surface area contributed by atoms with Crippen LogP contribution in [0.2, 0.25) is 0 Å². The molecule has 2 aliphatic heterocycles. The molecule has 2 bridgehead atoms. The van der Waals surface area contributed by atoms with E-state index in [0.717, 1.165) is 13.1 Å². The van der Waals surface area contributed by atoms with Crippen molar-refractivity contribution in [3.05, 3.63) is 0 Å². The SMILES string of the molecule is COCC(C)OCC(O)CN1CCC2CCC(C1)N2. The fraction of sp³-hybridized carbons (Fsp3) is 1.00. The first kappa shape index (κ1) is 15.2. The predicted octanol–water partition coefficient (Wildman–Crippen LogP) is 0.225. The summed E-state index contributed by atoms with van der Waals surface area (Å²) in [6, 6.07) is 1.32. The van der Waals surface area contributed by atoms with Crippen molar-refractivity contribution in [1.82, 2.24) is 10.2 Å². The van der Waals surface area contributed by atoms with Crippen LogP contribution in [0.4, 0.5) is 0 Å². The second-order valence-corrected chi connectivity index (χ2v) is 5.94. The summed E-state index contributed by atoms with van der Waals surface area (Å²) in [6.07, 6.45) is 3.43. The van der Waals surface area contributed by atoms with Gasteiger partial charge in [-0.05, 0) is 32.7 Å². The van der Waals surface area contributed by atoms with E-state index in [2.05, 4.69) is 10.2 Å². The van der Waals surface area contributed by atoms with Crippen LogP contribution in [0.3, 0.4) is 0 Å². The van der Waals surface area contributed by atoms with Crippen molar-refractivity contribution < 1.29 is 14.6 Å². The van der Waals surface area contributed by atoms with Gasteiger partial charge in [0.25, 0.3) is 0 Å². The molecule has 0 aromatic carbocycles. The number of aliphatic hydroxyl groups is 1. The maximum Gasteiger partial charge on any atom is 0.0900 e. The highest BCUT2D eigenvalue weighted by Crippen LogP contribution is 2.20. The number of β-amino-alcohol motifs (C(OH)–C–C–N with tert-alkyl or cyclic N) is 1. The van der Waals surface area contributed by atoms with Crippen LogP contribution < -0.4 is 5.32 Å². The molecule has 2 rings (SSSR count). The summed E-state index contributed by atoms with van der Waals surface area (Å²) in [4.78, 5) is 2.37. The topological polar surface area (TPSA) is 54.0 Å². The molecule has 0 aromatic heterocycles. The summed E-state index contributed by atoms with van der Waals surface area (Å²) in [5, 5.41) is 13.7. The number of methoxy groups -OCH3 is 1. The number of hydrogen-bond acceptors (Lipinski definition) is 5. The van der Waals surface area contributed by atoms with E-state index >= 15 is 0 Å². The van der Waals surface area contributed by atoms with Gasteiger partial charge in [0.1, 0.15) is 0 Å². The molecule has 2 N–H and O–H groups in total. The van der Waals surface area contributed by atoms with E-state index in [1.54, 1.807) is 7.11 Å². The molecular weight excluding hydrogens is 244 g/mol. The first-order valence-corrected chi connectivity index (χ1v) is 7.44. The van der Waals surface area contributed by atoms with E-state index in [-0.39, 0.29) is 6.10 Å². The fourth-order valence-electron chi connectivity index (χ4n) is 3.09. The molecule has 4 atom stereocenters. The Morgan fingerprint density at radius 2 is 2.05 bits per heavy atom. The molecule has 5 heteroatoms. The van der Waals surface area contributed by atoms with E-state index in [1.807, 2.05) is 6.92 Å². The predicted molar refractivity (Wildman–Crippen MR) is 74.3 cm³/mol. The number of rotatable bonds is 7. The van der Waals surface area contributed by atoms with E-state index in [1.165, 1.54) is 19.3 Å². The zero-order chi connectivity index (χ0) is 13.7. The molecule has 112 valence electrons. The summed E-state index contributed by atoms with van der Waals surface area (Å²) < 4.78 is 10.6. The highest BCUT2D eigenvalue weighted by molar-refractivity contribution is 4.89. The third kappa shape index (κ3) is 5.00. The Kier molecular flexibility index (Phi) is 6.04. The minimum absolute atomic E-state index is 0.0430. The molecule has 2 fully saturated rings. The first-order valence-electron chi connectivity index (χ1n) is 7.44. The van der Waals surface area contributed by atoms with Gasteiger partial charge in [0.05, 0.1) is 25.4 Å². The van der Waals surface area contributed by atoms with Crippen LogP contribution >= 0.6 is 0 Å². The number of hydrogen-bond donors (Lipinski definition) is 2. The van der Waals surface area contributed by atoms with E-state index in [0.29, 0.717) is 31.8 Å². The van der Waals surface area contributed by atoms with Crippen molar-refractivity contribution in [2.75, 3.05) is 40.0 Å². The lowest BCUT2D eigenvalue weighted by Crippen LogP contribution is -2.41. The second-order valence-electron chi connectivity index (χ2n) is 5.94. The molecule has 0 aromatic rings. The van der Waals surface area contributed by atoms with Crippen molar-refractivity contribution in [2.24, 2.45) is 0 Å². The quantitative estimate of drug-likeness (QED) is 0.695. The van der Waals surface area contributed by atoms with Gasteiger partial charge < -0.3 is 19.9 Å². The molecule has 19 heavy (non-hydrogen) atoms. The smallest absolute Gasteiger partial charge is 0.0900 e. The minimum Gasteiger partial charge on any atom is -0.389 e. The van der Waals surface area contributed by atoms with Gasteiger partial charge >= 0.3 is 0 Å². The monoisotopic (exact) mass is 272 g/mol. The number of nitrogens with one attached hydrogen (secondary N) is 1. The van der Waals surface area contributed by atoms with Gasteiger partial charge in [-0.15, -0.1) is 0 Å². The zero-order valence-corrected chi connectivity index (χ0v) is 12.2. The lowest BCUT2D eigenvalue weighted by molar-refractivity contribution is -0.0399. The summed E-state index contributed by atoms with van der Waals surface area (Å²) in [7, 11) is 1.66. The Morgan fingerprint density at radius 1 is 1.26 bits per heavy atom. The van der Waals surface area contributed by atoms with Gasteiger partial charge in [-0.2, -0.15) is 0 Å². The van der Waals surface area contributed by atoms with Crippen molar-refractivity contribution in [3.8, 4) is 0 Å². The van der Waals surface area contributed by atoms with Gasteiger partial charge in [-0.25, -0.2) is 0 Å². The minimum atomic E-state index is -0.407. The maximum atomic E-state index is 10.1. The van der Waals surface area contributed by atoms with Crippen molar-refractivity contribution in [2.45, 2.75) is 50.5 Å². The Morgan fingerprint density at radius 3 is 2.84 bits per heavy atom. The van der Waals surface area contributed by atoms with Crippen LogP contribution in [-0.4, -0.2) is 74.3 Å². The van der Waals surface area contributed by atoms with E-state index in [9.17, 15) is 5.11 Å². The molecule has 0 radical (unpaired) electrons. The normalized spacial score (nSPS) is 31.1. The molecule has 4 unspecified atom stereocenters. The average molecular weight is 272 g/mol. The number of likely N-dealkylation sites (tertiary alicyclic amines) is 1. The summed E-state index contributed by atoms with van der Waals surface area (Å²) in [5.74, 6) is 0. The molecule has 2 heterocycles. The lowest BCUT2D eigenvalue weighted by Gasteiger charge is -2.26. The van der Waals surface area contributed by atoms with Crippen molar-refractivity contribution in [3.63, 3.8) is 0 Å². The Balaban J connectivity index is 1.65. The third-order valence-corrected chi connectivity index (χ3v) is 4.05. The highest BCUT2D eigenvalue weighted by atomic mass is 16.5. The Hall–Kier alpha value is -0.200. The molecule has 2 aliphatic rings. The Bertz CT molecular complexity index is 265. The Labute approximate surface area is 116 Å². The number of fused-ring (bicyclic) bond motifs is 2. The summed E-state index contributed by atoms with van der Waals surface area (Å²) in [6.45, 7) is 5.78. The maximum absolute atomic E-state index is 10.1. The van der Waals surface area contributed by atoms with Crippen molar-refractivity contribution >= 4 is 0 Å².